The average Bonchev–Trinajstić information content (AvgIpc) is 1.98. The van der Waals surface area contributed by atoms with Crippen molar-refractivity contribution < 1.29 is 9.84 Å². The van der Waals surface area contributed by atoms with Crippen LogP contribution in [0.15, 0.2) is 23.1 Å². The van der Waals surface area contributed by atoms with Gasteiger partial charge in [0.2, 0.25) is 0 Å². The van der Waals surface area contributed by atoms with E-state index in [0.29, 0.717) is 11.2 Å². The Hall–Kier alpha value is -1.10. The van der Waals surface area contributed by atoms with E-state index in [9.17, 15) is 0 Å². The molecule has 62 valence electrons. The number of hydrogen-bond donors (Lipinski definition) is 3. The van der Waals surface area contributed by atoms with Crippen molar-refractivity contribution in [1.29, 1.82) is 0 Å². The van der Waals surface area contributed by atoms with Crippen molar-refractivity contribution in [3.63, 3.8) is 0 Å². The van der Waals surface area contributed by atoms with Crippen LogP contribution in [0.25, 0.3) is 0 Å². The Kier molecular flexibility index (Phi) is 4.21. The Labute approximate surface area is 66.9 Å². The minimum atomic E-state index is -0.172. The summed E-state index contributed by atoms with van der Waals surface area (Å²) < 4.78 is 4.70. The third-order valence-electron chi connectivity index (χ3n) is 1.11. The average molecular weight is 156 g/mol. The normalized spacial score (nSPS) is 14.2. The molecular weight excluding hydrogens is 143 g/mol. The van der Waals surface area contributed by atoms with E-state index < -0.39 is 0 Å². The molecule has 0 heterocycles. The molecular formula is C6H13BN2O2. The first-order chi connectivity index (χ1) is 5.11. The monoisotopic (exact) mass is 156 g/mol. The maximum atomic E-state index is 8.76. The van der Waals surface area contributed by atoms with Crippen LogP contribution < -0.4 is 11.5 Å². The lowest BCUT2D eigenvalue weighted by Crippen LogP contribution is -2.08. The van der Waals surface area contributed by atoms with Crippen LogP contribution in [0.4, 0.5) is 0 Å². The Morgan fingerprint density at radius 1 is 1.64 bits per heavy atom. The van der Waals surface area contributed by atoms with Crippen LogP contribution in [0.2, 0.25) is 0 Å². The van der Waals surface area contributed by atoms with E-state index in [1.807, 2.05) is 0 Å². The molecule has 11 heavy (non-hydrogen) atoms. The molecule has 4 nitrogen and oxygen atoms in total. The van der Waals surface area contributed by atoms with Gasteiger partial charge < -0.3 is 21.3 Å². The van der Waals surface area contributed by atoms with Gasteiger partial charge in [0.25, 0.3) is 0 Å². The lowest BCUT2D eigenvalue weighted by molar-refractivity contribution is 0.268. The van der Waals surface area contributed by atoms with E-state index in [4.69, 9.17) is 21.3 Å². The van der Waals surface area contributed by atoms with Crippen LogP contribution in [-0.2, 0) is 4.74 Å². The Bertz CT molecular complexity index is 185. The largest absolute Gasteiger partial charge is 0.482 e. The van der Waals surface area contributed by atoms with Gasteiger partial charge in [0.15, 0.2) is 13.7 Å². The van der Waals surface area contributed by atoms with E-state index in [-0.39, 0.29) is 12.5 Å². The number of aliphatic hydroxyl groups excluding tert-OH is 1. The maximum absolute atomic E-state index is 8.76. The fourth-order valence-corrected chi connectivity index (χ4v) is 0.601. The Morgan fingerprint density at radius 2 is 2.18 bits per heavy atom. The molecule has 5 heteroatoms. The molecule has 0 aliphatic rings. The number of rotatable bonds is 3. The van der Waals surface area contributed by atoms with E-state index in [2.05, 4.69) is 0 Å². The number of ether oxygens (including phenoxy) is 1. The first kappa shape index (κ1) is 9.90. The van der Waals surface area contributed by atoms with Gasteiger partial charge in [-0.2, -0.15) is 0 Å². The quantitative estimate of drug-likeness (QED) is 0.256. The van der Waals surface area contributed by atoms with E-state index in [1.165, 1.54) is 7.11 Å². The van der Waals surface area contributed by atoms with Gasteiger partial charge in [-0.05, 0) is 11.7 Å². The molecule has 0 saturated carbocycles. The fourth-order valence-electron chi connectivity index (χ4n) is 0.601. The van der Waals surface area contributed by atoms with E-state index in [1.54, 1.807) is 13.9 Å². The van der Waals surface area contributed by atoms with Gasteiger partial charge in [0, 0.05) is 5.57 Å². The van der Waals surface area contributed by atoms with Gasteiger partial charge >= 0.3 is 0 Å². The summed E-state index contributed by atoms with van der Waals surface area (Å²) in [5.41, 5.74) is 11.8. The molecule has 0 bridgehead atoms. The molecule has 0 atom stereocenters. The summed E-state index contributed by atoms with van der Waals surface area (Å²) in [7, 11) is 3.14. The summed E-state index contributed by atoms with van der Waals surface area (Å²) in [5, 5.41) is 8.76. The van der Waals surface area contributed by atoms with Gasteiger partial charge in [-0.25, -0.2) is 0 Å². The lowest BCUT2D eigenvalue weighted by atomic mass is 10.0. The second-order valence-corrected chi connectivity index (χ2v) is 2.14. The van der Waals surface area contributed by atoms with E-state index >= 15 is 0 Å². The van der Waals surface area contributed by atoms with Gasteiger partial charge in [-0.15, -0.1) is 0 Å². The molecule has 0 amide bonds. The Balaban J connectivity index is 4.52. The number of aliphatic hydroxyl groups is 1. The summed E-state index contributed by atoms with van der Waals surface area (Å²) in [4.78, 5) is 0. The molecule has 0 aliphatic heterocycles. The standard InChI is InChI=1S/C6H13BN2O2/c1-11-6(9)4(3-10)2-5(7)8/h2,10H,3,7-9H2,1H3/b5-2-,6-4-. The van der Waals surface area contributed by atoms with Crippen LogP contribution in [0.5, 0.6) is 0 Å². The van der Waals surface area contributed by atoms with Crippen LogP contribution in [-0.4, -0.2) is 26.7 Å². The highest BCUT2D eigenvalue weighted by Gasteiger charge is 1.98. The summed E-state index contributed by atoms with van der Waals surface area (Å²) in [6.45, 7) is -0.172. The van der Waals surface area contributed by atoms with Crippen molar-refractivity contribution in [1.82, 2.24) is 0 Å². The van der Waals surface area contributed by atoms with Crippen molar-refractivity contribution in [2.45, 2.75) is 0 Å². The summed E-state index contributed by atoms with van der Waals surface area (Å²) in [5.74, 6) is 0.192. The first-order valence-electron chi connectivity index (χ1n) is 3.19. The predicted octanol–water partition coefficient (Wildman–Crippen LogP) is -1.77. The van der Waals surface area contributed by atoms with Crippen LogP contribution in [0, 0.1) is 0 Å². The molecule has 0 unspecified atom stereocenters. The zero-order valence-electron chi connectivity index (χ0n) is 6.79. The lowest BCUT2D eigenvalue weighted by Gasteiger charge is -2.03. The predicted molar refractivity (Wildman–Crippen MR) is 46.1 cm³/mol. The first-order valence-corrected chi connectivity index (χ1v) is 3.19. The fraction of sp³-hybridized carbons (Fsp3) is 0.333. The molecule has 0 rings (SSSR count). The van der Waals surface area contributed by atoms with Crippen LogP contribution in [0.1, 0.15) is 0 Å². The van der Waals surface area contributed by atoms with Gasteiger partial charge in [-0.3, -0.25) is 0 Å². The van der Waals surface area contributed by atoms with Crippen molar-refractivity contribution >= 4 is 7.85 Å². The molecule has 0 fully saturated rings. The second kappa shape index (κ2) is 4.68. The van der Waals surface area contributed by atoms with Crippen molar-refractivity contribution in [2.24, 2.45) is 11.5 Å². The number of methoxy groups -OCH3 is 1. The summed E-state index contributed by atoms with van der Waals surface area (Å²) in [6.07, 6.45) is 1.57. The molecule has 0 aromatic heterocycles. The second-order valence-electron chi connectivity index (χ2n) is 2.14. The molecule has 0 aromatic rings. The Morgan fingerprint density at radius 3 is 2.45 bits per heavy atom. The van der Waals surface area contributed by atoms with E-state index in [0.717, 1.165) is 0 Å². The molecule has 5 N–H and O–H groups in total. The molecule has 0 aromatic carbocycles. The summed E-state index contributed by atoms with van der Waals surface area (Å²) in [6, 6.07) is 0. The highest BCUT2D eigenvalue weighted by atomic mass is 16.5. The molecule has 0 aliphatic carbocycles. The zero-order chi connectivity index (χ0) is 8.85. The van der Waals surface area contributed by atoms with Gasteiger partial charge in [0.1, 0.15) is 0 Å². The van der Waals surface area contributed by atoms with Crippen molar-refractivity contribution in [3.05, 3.63) is 23.1 Å². The zero-order valence-corrected chi connectivity index (χ0v) is 6.79. The minimum absolute atomic E-state index is 0.172. The van der Waals surface area contributed by atoms with Gasteiger partial charge in [0.05, 0.1) is 13.7 Å². The van der Waals surface area contributed by atoms with Crippen LogP contribution >= 0.6 is 0 Å². The van der Waals surface area contributed by atoms with Crippen molar-refractivity contribution in [3.8, 4) is 0 Å². The molecule has 0 spiro atoms. The van der Waals surface area contributed by atoms with Crippen LogP contribution in [0.3, 0.4) is 0 Å². The maximum Gasteiger partial charge on any atom is 0.189 e. The smallest absolute Gasteiger partial charge is 0.189 e. The number of nitrogens with two attached hydrogens (primary N) is 2. The SMILES string of the molecule is B/C(N)=C/C(CO)=C(\N)OC. The topological polar surface area (TPSA) is 81.5 Å². The highest BCUT2D eigenvalue weighted by molar-refractivity contribution is 6.21. The van der Waals surface area contributed by atoms with Crippen molar-refractivity contribution in [2.75, 3.05) is 13.7 Å². The number of hydrogen-bond acceptors (Lipinski definition) is 4. The van der Waals surface area contributed by atoms with Gasteiger partial charge in [-0.1, -0.05) is 0 Å². The summed E-state index contributed by atoms with van der Waals surface area (Å²) >= 11 is 0. The molecule has 0 saturated heterocycles. The highest BCUT2D eigenvalue weighted by Crippen LogP contribution is 2.01. The minimum Gasteiger partial charge on any atom is -0.482 e. The third-order valence-corrected chi connectivity index (χ3v) is 1.11. The molecule has 0 radical (unpaired) electrons. The third kappa shape index (κ3) is 3.57.